The van der Waals surface area contributed by atoms with Crippen LogP contribution in [-0.4, -0.2) is 50.0 Å². The molecule has 0 aliphatic heterocycles. The highest BCUT2D eigenvalue weighted by Gasteiger charge is 2.33. The van der Waals surface area contributed by atoms with E-state index in [0.717, 1.165) is 48.2 Å². The third-order valence-electron chi connectivity index (χ3n) is 7.89. The Hall–Kier alpha value is -3.14. The van der Waals surface area contributed by atoms with Crippen molar-refractivity contribution in [2.24, 2.45) is 0 Å². The summed E-state index contributed by atoms with van der Waals surface area (Å²) in [5, 5.41) is 3.91. The summed E-state index contributed by atoms with van der Waals surface area (Å²) in [6.45, 7) is -0.139. The molecule has 0 radical (unpaired) electrons. The number of halogens is 3. The molecule has 1 aliphatic rings. The molecule has 0 aromatic heterocycles. The minimum Gasteiger partial charge on any atom is -0.352 e. The number of sulfonamides is 1. The second-order valence-corrected chi connectivity index (χ2v) is 13.9. The maximum Gasteiger partial charge on any atom is 0.243 e. The van der Waals surface area contributed by atoms with E-state index in [4.69, 9.17) is 23.2 Å². The zero-order chi connectivity index (χ0) is 31.7. The predicted molar refractivity (Wildman–Crippen MR) is 174 cm³/mol. The van der Waals surface area contributed by atoms with Crippen molar-refractivity contribution in [2.75, 3.05) is 17.1 Å². The van der Waals surface area contributed by atoms with Crippen LogP contribution in [0.3, 0.4) is 0 Å². The summed E-state index contributed by atoms with van der Waals surface area (Å²) in [5.41, 5.74) is 1.30. The first-order chi connectivity index (χ1) is 21.0. The molecule has 0 bridgehead atoms. The maximum absolute atomic E-state index is 14.5. The number of nitrogens with zero attached hydrogens (tertiary/aromatic N) is 2. The molecule has 1 fully saturated rings. The first-order valence-electron chi connectivity index (χ1n) is 14.8. The molecular weight excluding hydrogens is 624 g/mol. The van der Waals surface area contributed by atoms with E-state index in [2.05, 4.69) is 5.32 Å². The van der Waals surface area contributed by atoms with Crippen molar-refractivity contribution in [3.63, 3.8) is 0 Å². The molecule has 7 nitrogen and oxygen atoms in total. The van der Waals surface area contributed by atoms with Crippen LogP contribution in [0.4, 0.5) is 10.1 Å². The van der Waals surface area contributed by atoms with E-state index < -0.39 is 21.9 Å². The average molecular weight is 663 g/mol. The smallest absolute Gasteiger partial charge is 0.243 e. The fourth-order valence-corrected chi connectivity index (χ4v) is 7.07. The minimum atomic E-state index is -3.84. The number of benzene rings is 3. The minimum absolute atomic E-state index is 0.0178. The van der Waals surface area contributed by atoms with E-state index in [9.17, 15) is 22.4 Å². The van der Waals surface area contributed by atoms with E-state index in [1.807, 2.05) is 30.3 Å². The van der Waals surface area contributed by atoms with E-state index in [1.165, 1.54) is 23.1 Å². The van der Waals surface area contributed by atoms with E-state index in [1.54, 1.807) is 24.3 Å². The van der Waals surface area contributed by atoms with Crippen molar-refractivity contribution in [2.45, 2.75) is 70.0 Å². The van der Waals surface area contributed by atoms with Gasteiger partial charge in [-0.1, -0.05) is 91.0 Å². The lowest BCUT2D eigenvalue weighted by Crippen LogP contribution is -2.53. The average Bonchev–Trinajstić information content (AvgIpc) is 2.99. The third kappa shape index (κ3) is 9.19. The summed E-state index contributed by atoms with van der Waals surface area (Å²) in [6.07, 6.45) is 6.22. The number of para-hydroxylation sites is 1. The van der Waals surface area contributed by atoms with E-state index in [0.29, 0.717) is 15.6 Å². The van der Waals surface area contributed by atoms with Crippen LogP contribution in [0.5, 0.6) is 0 Å². The van der Waals surface area contributed by atoms with Crippen LogP contribution in [0, 0.1) is 5.82 Å². The van der Waals surface area contributed by atoms with Crippen molar-refractivity contribution in [3.05, 3.63) is 99.8 Å². The Kier molecular flexibility index (Phi) is 12.1. The van der Waals surface area contributed by atoms with Crippen LogP contribution in [0.2, 0.25) is 10.0 Å². The zero-order valence-corrected chi connectivity index (χ0v) is 27.1. The summed E-state index contributed by atoms with van der Waals surface area (Å²) in [4.78, 5) is 29.5. The lowest BCUT2D eigenvalue weighted by molar-refractivity contribution is -0.141. The van der Waals surface area contributed by atoms with Gasteiger partial charge in [-0.2, -0.15) is 0 Å². The second-order valence-electron chi connectivity index (χ2n) is 11.2. The van der Waals surface area contributed by atoms with Gasteiger partial charge < -0.3 is 10.2 Å². The van der Waals surface area contributed by atoms with Crippen molar-refractivity contribution in [3.8, 4) is 0 Å². The molecule has 0 saturated heterocycles. The van der Waals surface area contributed by atoms with Gasteiger partial charge in [0.1, 0.15) is 11.9 Å². The molecule has 1 saturated carbocycles. The summed E-state index contributed by atoms with van der Waals surface area (Å²) in [5.74, 6) is -1.31. The van der Waals surface area contributed by atoms with Gasteiger partial charge >= 0.3 is 0 Å². The SMILES string of the molecule is CS(=O)(=O)N(CCCC(=O)N(Cc1c(Cl)cccc1Cl)[C@@H](Cc1ccccc1)C(=O)NC1CCCCC1)c1ccccc1F. The van der Waals surface area contributed by atoms with Crippen molar-refractivity contribution in [1.82, 2.24) is 10.2 Å². The number of nitrogens with one attached hydrogen (secondary N) is 1. The number of carbonyl (C=O) groups is 2. The zero-order valence-electron chi connectivity index (χ0n) is 24.7. The molecule has 3 aromatic rings. The van der Waals surface area contributed by atoms with Crippen molar-refractivity contribution >= 4 is 50.7 Å². The van der Waals surface area contributed by atoms with Gasteiger partial charge in [-0.25, -0.2) is 12.8 Å². The Labute approximate surface area is 269 Å². The van der Waals surface area contributed by atoms with Crippen molar-refractivity contribution in [1.29, 1.82) is 0 Å². The van der Waals surface area contributed by atoms with Crippen molar-refractivity contribution < 1.29 is 22.4 Å². The number of amides is 2. The molecule has 44 heavy (non-hydrogen) atoms. The third-order valence-corrected chi connectivity index (χ3v) is 9.77. The topological polar surface area (TPSA) is 86.8 Å². The molecule has 1 atom stereocenters. The van der Waals surface area contributed by atoms with Gasteiger partial charge in [-0.05, 0) is 49.1 Å². The van der Waals surface area contributed by atoms with Gasteiger partial charge in [0.25, 0.3) is 0 Å². The number of hydrogen-bond donors (Lipinski definition) is 1. The van der Waals surface area contributed by atoms with Crippen LogP contribution < -0.4 is 9.62 Å². The summed E-state index contributed by atoms with van der Waals surface area (Å²) >= 11 is 13.1. The number of carbonyl (C=O) groups excluding carboxylic acids is 2. The monoisotopic (exact) mass is 661 g/mol. The summed E-state index contributed by atoms with van der Waals surface area (Å²) < 4.78 is 40.7. The molecule has 3 aromatic carbocycles. The van der Waals surface area contributed by atoms with E-state index >= 15 is 0 Å². The van der Waals surface area contributed by atoms with Gasteiger partial charge in [-0.3, -0.25) is 13.9 Å². The first-order valence-corrected chi connectivity index (χ1v) is 17.4. The highest BCUT2D eigenvalue weighted by Crippen LogP contribution is 2.28. The van der Waals surface area contributed by atoms with Crippen LogP contribution >= 0.6 is 23.2 Å². The van der Waals surface area contributed by atoms with E-state index in [-0.39, 0.29) is 55.9 Å². The lowest BCUT2D eigenvalue weighted by Gasteiger charge is -2.34. The molecule has 4 rings (SSSR count). The molecular formula is C33H38Cl2FN3O4S. The fraction of sp³-hybridized carbons (Fsp3) is 0.394. The first kappa shape index (κ1) is 33.7. The Bertz CT molecular complexity index is 1510. The van der Waals surface area contributed by atoms with Gasteiger partial charge in [0.2, 0.25) is 21.8 Å². The van der Waals surface area contributed by atoms with Crippen LogP contribution in [0.1, 0.15) is 56.1 Å². The Morgan fingerprint density at radius 1 is 0.932 bits per heavy atom. The van der Waals surface area contributed by atoms with Gasteiger partial charge in [-0.15, -0.1) is 0 Å². The Morgan fingerprint density at radius 3 is 2.20 bits per heavy atom. The second kappa shape index (κ2) is 15.7. The molecule has 0 unspecified atom stereocenters. The Balaban J connectivity index is 1.63. The van der Waals surface area contributed by atoms with Crippen LogP contribution in [-0.2, 0) is 32.6 Å². The van der Waals surface area contributed by atoms with Gasteiger partial charge in [0, 0.05) is 47.6 Å². The highest BCUT2D eigenvalue weighted by atomic mass is 35.5. The number of anilines is 1. The molecule has 1 aliphatic carbocycles. The fourth-order valence-electron chi connectivity index (χ4n) is 5.59. The maximum atomic E-state index is 14.5. The number of hydrogen-bond acceptors (Lipinski definition) is 4. The summed E-state index contributed by atoms with van der Waals surface area (Å²) in [7, 11) is -3.84. The molecule has 236 valence electrons. The molecule has 0 heterocycles. The number of rotatable bonds is 13. The molecule has 0 spiro atoms. The molecule has 11 heteroatoms. The van der Waals surface area contributed by atoms with Gasteiger partial charge in [0.05, 0.1) is 11.9 Å². The predicted octanol–water partition coefficient (Wildman–Crippen LogP) is 6.77. The normalized spacial score (nSPS) is 14.5. The molecule has 2 amide bonds. The van der Waals surface area contributed by atoms with Crippen LogP contribution in [0.15, 0.2) is 72.8 Å². The standard InChI is InChI=1S/C33H38Cl2FN3O4S/c1-44(42,43)39(30-19-9-8-18-29(30)36)21-11-20-32(40)38(23-26-27(34)16-10-17-28(26)35)31(22-24-12-4-2-5-13-24)33(41)37-25-14-6-3-7-15-25/h2,4-5,8-10,12-13,16-19,25,31H,3,6-7,11,14-15,20-23H2,1H3,(H,37,41)/t31-/m0/s1. The lowest BCUT2D eigenvalue weighted by atomic mass is 9.94. The highest BCUT2D eigenvalue weighted by molar-refractivity contribution is 7.92. The van der Waals surface area contributed by atoms with Gasteiger partial charge in [0.15, 0.2) is 0 Å². The van der Waals surface area contributed by atoms with Crippen LogP contribution in [0.25, 0.3) is 0 Å². The molecule has 1 N–H and O–H groups in total. The Morgan fingerprint density at radius 2 is 1.57 bits per heavy atom. The summed E-state index contributed by atoms with van der Waals surface area (Å²) in [6, 6.07) is 19.3. The quantitative estimate of drug-likeness (QED) is 0.219. The largest absolute Gasteiger partial charge is 0.352 e.